The number of nitriles is 1. The van der Waals surface area contributed by atoms with Crippen LogP contribution in [0, 0.1) is 11.3 Å². The Morgan fingerprint density at radius 3 is 2.78 bits per heavy atom. The normalized spacial score (nSPS) is 23.4. The lowest BCUT2D eigenvalue weighted by Gasteiger charge is -2.36. The number of thiocarbonyl (C=S) groups is 1. The molecule has 3 amide bonds. The summed E-state index contributed by atoms with van der Waals surface area (Å²) < 4.78 is 10.8. The van der Waals surface area contributed by atoms with E-state index in [2.05, 4.69) is 16.4 Å². The third-order valence-corrected chi connectivity index (χ3v) is 7.61. The molecule has 0 saturated carbocycles. The molecule has 2 unspecified atom stereocenters. The van der Waals surface area contributed by atoms with Gasteiger partial charge in [0.2, 0.25) is 6.79 Å². The topological polar surface area (TPSA) is 111 Å². The average molecular weight is 499 g/mol. The van der Waals surface area contributed by atoms with Gasteiger partial charge in [0.25, 0.3) is 5.91 Å². The van der Waals surface area contributed by atoms with E-state index in [1.54, 1.807) is 23.1 Å². The molecule has 2 aromatic carbocycles. The maximum absolute atomic E-state index is 13.7. The lowest BCUT2D eigenvalue weighted by atomic mass is 10.1. The Hall–Kier alpha value is -4.43. The number of fused-ring (bicyclic) bond motifs is 7. The van der Waals surface area contributed by atoms with Gasteiger partial charge in [0.05, 0.1) is 24.0 Å². The molecule has 1 aromatic heterocycles. The summed E-state index contributed by atoms with van der Waals surface area (Å²) >= 11 is 5.70. The predicted molar refractivity (Wildman–Crippen MR) is 133 cm³/mol. The van der Waals surface area contributed by atoms with Crippen LogP contribution in [0.15, 0.2) is 48.7 Å². The van der Waals surface area contributed by atoms with Crippen molar-refractivity contribution in [2.45, 2.75) is 24.5 Å². The van der Waals surface area contributed by atoms with E-state index in [0.717, 1.165) is 5.69 Å². The molecule has 4 aliphatic rings. The average Bonchev–Trinajstić information content (AvgIpc) is 3.66. The van der Waals surface area contributed by atoms with Gasteiger partial charge in [0.15, 0.2) is 16.6 Å². The van der Waals surface area contributed by atoms with Crippen molar-refractivity contribution in [3.63, 3.8) is 0 Å². The lowest BCUT2D eigenvalue weighted by Crippen LogP contribution is -2.55. The van der Waals surface area contributed by atoms with Gasteiger partial charge in [-0.3, -0.25) is 4.79 Å². The number of carbonyl (C=O) groups is 2. The highest BCUT2D eigenvalue weighted by Gasteiger charge is 2.62. The number of likely N-dealkylation sites (tertiary alicyclic amines) is 1. The molecule has 0 radical (unpaired) electrons. The van der Waals surface area contributed by atoms with Gasteiger partial charge in [0, 0.05) is 29.1 Å². The van der Waals surface area contributed by atoms with Crippen LogP contribution in [0.25, 0.3) is 10.8 Å². The van der Waals surface area contributed by atoms with Crippen LogP contribution < -0.4 is 19.7 Å². The fourth-order valence-electron chi connectivity index (χ4n) is 5.73. The van der Waals surface area contributed by atoms with E-state index in [9.17, 15) is 14.9 Å². The first kappa shape index (κ1) is 20.9. The molecular weight excluding hydrogens is 480 g/mol. The smallest absolute Gasteiger partial charge is 0.332 e. The highest BCUT2D eigenvalue weighted by atomic mass is 32.1. The van der Waals surface area contributed by atoms with Gasteiger partial charge in [-0.1, -0.05) is 24.3 Å². The van der Waals surface area contributed by atoms with E-state index in [1.807, 2.05) is 29.2 Å². The summed E-state index contributed by atoms with van der Waals surface area (Å²) in [6, 6.07) is 13.4. The van der Waals surface area contributed by atoms with E-state index in [-0.39, 0.29) is 36.5 Å². The second kappa shape index (κ2) is 7.53. The number of pyridine rings is 1. The molecule has 3 fully saturated rings. The first-order valence-electron chi connectivity index (χ1n) is 11.5. The minimum Gasteiger partial charge on any atom is -0.454 e. The molecule has 0 spiro atoms. The number of hydrogen-bond donors (Lipinski definition) is 1. The fraction of sp³-hybridized carbons (Fsp3) is 0.240. The van der Waals surface area contributed by atoms with Gasteiger partial charge in [-0.05, 0) is 30.8 Å². The Kier molecular flexibility index (Phi) is 4.37. The molecule has 7 rings (SSSR count). The molecule has 11 heteroatoms. The number of nitrogens with one attached hydrogen (secondary N) is 1. The van der Waals surface area contributed by atoms with E-state index in [0.29, 0.717) is 46.0 Å². The van der Waals surface area contributed by atoms with Gasteiger partial charge in [0.1, 0.15) is 17.8 Å². The predicted octanol–water partition coefficient (Wildman–Crippen LogP) is 2.83. The summed E-state index contributed by atoms with van der Waals surface area (Å²) in [4.78, 5) is 36.3. The van der Waals surface area contributed by atoms with Crippen LogP contribution in [0.1, 0.15) is 12.1 Å². The van der Waals surface area contributed by atoms with Crippen molar-refractivity contribution in [1.29, 1.82) is 5.26 Å². The van der Waals surface area contributed by atoms with Crippen LogP contribution in [0.4, 0.5) is 16.2 Å². The van der Waals surface area contributed by atoms with Crippen molar-refractivity contribution < 1.29 is 19.1 Å². The summed E-state index contributed by atoms with van der Waals surface area (Å²) in [5.74, 6) is 1.02. The summed E-state index contributed by atoms with van der Waals surface area (Å²) in [5.41, 5.74) is 1.40. The maximum Gasteiger partial charge on any atom is 0.332 e. The first-order chi connectivity index (χ1) is 17.5. The number of benzene rings is 2. The highest BCUT2D eigenvalue weighted by molar-refractivity contribution is 7.80. The van der Waals surface area contributed by atoms with E-state index in [1.165, 1.54) is 11.1 Å². The number of amides is 3. The number of aromatic nitrogens is 1. The van der Waals surface area contributed by atoms with Gasteiger partial charge in [-0.15, -0.1) is 0 Å². The van der Waals surface area contributed by atoms with Gasteiger partial charge >= 0.3 is 6.03 Å². The van der Waals surface area contributed by atoms with E-state index >= 15 is 0 Å². The zero-order valence-electron chi connectivity index (χ0n) is 18.7. The molecule has 36 heavy (non-hydrogen) atoms. The number of hydrogen-bond acceptors (Lipinski definition) is 7. The molecule has 2 bridgehead atoms. The van der Waals surface area contributed by atoms with Crippen molar-refractivity contribution in [3.05, 3.63) is 54.4 Å². The zero-order chi connectivity index (χ0) is 24.6. The quantitative estimate of drug-likeness (QED) is 0.421. The monoisotopic (exact) mass is 498 g/mol. The van der Waals surface area contributed by atoms with Crippen LogP contribution in [0.5, 0.6) is 11.5 Å². The number of nitrogens with zero attached hydrogens (tertiary/aromatic N) is 5. The summed E-state index contributed by atoms with van der Waals surface area (Å²) in [5, 5.41) is 14.4. The number of ether oxygens (including phenoxy) is 2. The summed E-state index contributed by atoms with van der Waals surface area (Å²) in [6.45, 7) is 0.726. The van der Waals surface area contributed by atoms with Gasteiger partial charge < -0.3 is 24.6 Å². The number of piperazine rings is 1. The molecule has 5 heterocycles. The summed E-state index contributed by atoms with van der Waals surface area (Å²) in [7, 11) is 0. The molecule has 3 atom stereocenters. The van der Waals surface area contributed by atoms with Crippen molar-refractivity contribution in [3.8, 4) is 17.6 Å². The number of rotatable bonds is 2. The van der Waals surface area contributed by atoms with Crippen LogP contribution >= 0.6 is 12.2 Å². The molecule has 10 nitrogen and oxygen atoms in total. The van der Waals surface area contributed by atoms with Crippen LogP contribution in [-0.2, 0) is 4.79 Å². The Morgan fingerprint density at radius 2 is 1.94 bits per heavy atom. The van der Waals surface area contributed by atoms with Crippen LogP contribution in [-0.4, -0.2) is 63.3 Å². The van der Waals surface area contributed by atoms with E-state index < -0.39 is 6.04 Å². The first-order valence-corrected chi connectivity index (χ1v) is 11.9. The Morgan fingerprint density at radius 1 is 1.14 bits per heavy atom. The number of carbonyl (C=O) groups excluding carboxylic acids is 2. The summed E-state index contributed by atoms with van der Waals surface area (Å²) in [6.07, 6.45) is 2.11. The molecule has 178 valence electrons. The number of imide groups is 1. The Bertz CT molecular complexity index is 1540. The molecule has 3 aromatic rings. The highest BCUT2D eigenvalue weighted by Crippen LogP contribution is 2.44. The van der Waals surface area contributed by atoms with Crippen molar-refractivity contribution in [2.24, 2.45) is 0 Å². The minimum absolute atomic E-state index is 0.129. The third kappa shape index (κ3) is 2.82. The number of urea groups is 1. The third-order valence-electron chi connectivity index (χ3n) is 7.27. The van der Waals surface area contributed by atoms with Crippen LogP contribution in [0.3, 0.4) is 0 Å². The van der Waals surface area contributed by atoms with Crippen molar-refractivity contribution in [2.75, 3.05) is 23.6 Å². The molecule has 0 aliphatic carbocycles. The second-order valence-corrected chi connectivity index (χ2v) is 9.45. The molecule has 1 N–H and O–H groups in total. The largest absolute Gasteiger partial charge is 0.454 e. The molecule has 3 saturated heterocycles. The van der Waals surface area contributed by atoms with Crippen molar-refractivity contribution in [1.82, 2.24) is 14.8 Å². The zero-order valence-corrected chi connectivity index (χ0v) is 19.6. The van der Waals surface area contributed by atoms with Gasteiger partial charge in [-0.2, -0.15) is 5.26 Å². The SMILES string of the molecule is N#Cc1ncc(N2C(=O)C3C4C[C@H](CN4C(=S)Nc4ccc5c(c4)OCO5)N3C2=O)c2ccccc12. The minimum atomic E-state index is -0.637. The van der Waals surface area contributed by atoms with E-state index in [4.69, 9.17) is 21.7 Å². The Balaban J connectivity index is 1.17. The van der Waals surface area contributed by atoms with Crippen molar-refractivity contribution >= 4 is 51.4 Å². The van der Waals surface area contributed by atoms with Crippen LogP contribution in [0.2, 0.25) is 0 Å². The molecular formula is C25H18N6O4S. The second-order valence-electron chi connectivity index (χ2n) is 9.07. The standard InChI is InChI=1S/C25H18N6O4S/c26-9-17-15-3-1-2-4-16(15)19(10-27-17)31-23(32)22-18-8-14(30(22)25(31)33)11-29(18)24(36)28-13-5-6-20-21(7-13)35-12-34-20/h1-7,10,14,18,22H,8,11-12H2,(H,28,36)/t14-,18?,22?/m1/s1. The maximum atomic E-state index is 13.7. The fourth-order valence-corrected chi connectivity index (χ4v) is 6.05. The number of anilines is 2. The van der Waals surface area contributed by atoms with Gasteiger partial charge in [-0.25, -0.2) is 14.7 Å². The Labute approximate surface area is 210 Å². The molecule has 4 aliphatic heterocycles. The lowest BCUT2D eigenvalue weighted by molar-refractivity contribution is -0.120.